The van der Waals surface area contributed by atoms with Gasteiger partial charge >= 0.3 is 5.97 Å². The molecule has 0 aromatic heterocycles. The van der Waals surface area contributed by atoms with Crippen LogP contribution in [0.3, 0.4) is 0 Å². The number of rotatable bonds is 4. The Hall–Kier alpha value is -1.75. The summed E-state index contributed by atoms with van der Waals surface area (Å²) in [7, 11) is 0. The van der Waals surface area contributed by atoms with Crippen LogP contribution in [-0.2, 0) is 9.53 Å². The Labute approximate surface area is 104 Å². The molecule has 1 saturated heterocycles. The highest BCUT2D eigenvalue weighted by atomic mass is 16.7. The minimum atomic E-state index is -0.805. The first-order valence-electron chi connectivity index (χ1n) is 5.94. The van der Waals surface area contributed by atoms with Crippen LogP contribution in [0.2, 0.25) is 0 Å². The number of carboxylic acids is 1. The molecule has 0 amide bonds. The van der Waals surface area contributed by atoms with Gasteiger partial charge in [-0.3, -0.25) is 4.79 Å². The van der Waals surface area contributed by atoms with Crippen molar-refractivity contribution in [2.24, 2.45) is 5.92 Å². The number of ether oxygens (including phenoxy) is 3. The minimum absolute atomic E-state index is 0.201. The molecule has 18 heavy (non-hydrogen) atoms. The summed E-state index contributed by atoms with van der Waals surface area (Å²) in [6, 6.07) is 5.33. The smallest absolute Gasteiger partial charge is 0.310 e. The molecule has 3 rings (SSSR count). The fraction of sp³-hybridized carbons (Fsp3) is 0.462. The quantitative estimate of drug-likeness (QED) is 0.879. The molecular formula is C13H14O5. The fourth-order valence-electron chi connectivity index (χ4n) is 2.26. The topological polar surface area (TPSA) is 65.0 Å². The Bertz CT molecular complexity index is 466. The molecule has 2 heterocycles. The van der Waals surface area contributed by atoms with Crippen LogP contribution in [0.15, 0.2) is 18.2 Å². The van der Waals surface area contributed by atoms with Gasteiger partial charge in [-0.05, 0) is 24.1 Å². The lowest BCUT2D eigenvalue weighted by Crippen LogP contribution is -2.30. The van der Waals surface area contributed by atoms with E-state index in [1.807, 2.05) is 0 Å². The molecule has 0 spiro atoms. The Kier molecular flexibility index (Phi) is 2.83. The first-order chi connectivity index (χ1) is 8.74. The van der Waals surface area contributed by atoms with Gasteiger partial charge in [0.2, 0.25) is 6.79 Å². The lowest BCUT2D eigenvalue weighted by Gasteiger charge is -2.28. The van der Waals surface area contributed by atoms with Crippen molar-refractivity contribution < 1.29 is 24.1 Å². The van der Waals surface area contributed by atoms with E-state index in [0.717, 1.165) is 5.56 Å². The summed E-state index contributed by atoms with van der Waals surface area (Å²) < 4.78 is 15.6. The second-order valence-electron chi connectivity index (χ2n) is 4.64. The summed E-state index contributed by atoms with van der Waals surface area (Å²) in [6.07, 6.45) is 0.606. The highest BCUT2D eigenvalue weighted by molar-refractivity contribution is 5.76. The van der Waals surface area contributed by atoms with E-state index in [1.54, 1.807) is 18.2 Å². The zero-order chi connectivity index (χ0) is 12.5. The Morgan fingerprint density at radius 2 is 2.11 bits per heavy atom. The lowest BCUT2D eigenvalue weighted by atomic mass is 9.88. The largest absolute Gasteiger partial charge is 0.481 e. The van der Waals surface area contributed by atoms with E-state index in [0.29, 0.717) is 37.1 Å². The van der Waals surface area contributed by atoms with Crippen LogP contribution >= 0.6 is 0 Å². The molecule has 2 aliphatic heterocycles. The molecule has 0 aliphatic carbocycles. The van der Waals surface area contributed by atoms with Crippen molar-refractivity contribution in [1.82, 2.24) is 0 Å². The van der Waals surface area contributed by atoms with Crippen LogP contribution in [-0.4, -0.2) is 31.1 Å². The average molecular weight is 250 g/mol. The third-order valence-corrected chi connectivity index (χ3v) is 3.37. The van der Waals surface area contributed by atoms with Gasteiger partial charge in [0, 0.05) is 5.92 Å². The first-order valence-corrected chi connectivity index (χ1v) is 5.94. The second-order valence-corrected chi connectivity index (χ2v) is 4.64. The number of aliphatic carboxylic acids is 1. The Morgan fingerprint density at radius 1 is 1.33 bits per heavy atom. The van der Waals surface area contributed by atoms with E-state index in [1.165, 1.54) is 0 Å². The molecule has 2 aliphatic rings. The normalized spacial score (nSPS) is 19.3. The second kappa shape index (κ2) is 4.49. The molecule has 0 bridgehead atoms. The number of carboxylic acid groups (broad SMARTS) is 1. The predicted octanol–water partition coefficient (Wildman–Crippen LogP) is 1.62. The van der Waals surface area contributed by atoms with Gasteiger partial charge in [-0.2, -0.15) is 0 Å². The number of benzene rings is 1. The number of fused-ring (bicyclic) bond motifs is 1. The summed E-state index contributed by atoms with van der Waals surface area (Å²) in [5, 5.41) is 9.33. The predicted molar refractivity (Wildman–Crippen MR) is 61.9 cm³/mol. The van der Waals surface area contributed by atoms with Crippen LogP contribution < -0.4 is 9.47 Å². The van der Waals surface area contributed by atoms with E-state index in [4.69, 9.17) is 14.2 Å². The first kappa shape index (κ1) is 11.3. The third-order valence-electron chi connectivity index (χ3n) is 3.37. The molecule has 1 fully saturated rings. The van der Waals surface area contributed by atoms with Crippen molar-refractivity contribution in [1.29, 1.82) is 0 Å². The van der Waals surface area contributed by atoms with Crippen molar-refractivity contribution in [2.45, 2.75) is 12.3 Å². The highest BCUT2D eigenvalue weighted by Crippen LogP contribution is 2.36. The SMILES string of the molecule is O=C(O)C(CC1COC1)c1ccc2c(c1)OCO2. The van der Waals surface area contributed by atoms with Gasteiger partial charge in [0.25, 0.3) is 0 Å². The van der Waals surface area contributed by atoms with Crippen molar-refractivity contribution in [2.75, 3.05) is 20.0 Å². The summed E-state index contributed by atoms with van der Waals surface area (Å²) >= 11 is 0. The van der Waals surface area contributed by atoms with Gasteiger partial charge < -0.3 is 19.3 Å². The van der Waals surface area contributed by atoms with Crippen molar-refractivity contribution in [3.63, 3.8) is 0 Å². The molecular weight excluding hydrogens is 236 g/mol. The van der Waals surface area contributed by atoms with Crippen molar-refractivity contribution in [3.05, 3.63) is 23.8 Å². The van der Waals surface area contributed by atoms with Gasteiger partial charge in [0.15, 0.2) is 11.5 Å². The van der Waals surface area contributed by atoms with E-state index in [9.17, 15) is 9.90 Å². The maximum Gasteiger partial charge on any atom is 0.310 e. The molecule has 5 nitrogen and oxygen atoms in total. The number of carbonyl (C=O) groups is 1. The van der Waals surface area contributed by atoms with Crippen LogP contribution in [0.1, 0.15) is 17.9 Å². The van der Waals surface area contributed by atoms with Crippen LogP contribution in [0.25, 0.3) is 0 Å². The van der Waals surface area contributed by atoms with Crippen LogP contribution in [0.4, 0.5) is 0 Å². The van der Waals surface area contributed by atoms with E-state index in [2.05, 4.69) is 0 Å². The zero-order valence-electron chi connectivity index (χ0n) is 9.80. The van der Waals surface area contributed by atoms with Crippen LogP contribution in [0, 0.1) is 5.92 Å². The van der Waals surface area contributed by atoms with Crippen molar-refractivity contribution >= 4 is 5.97 Å². The number of hydrogen-bond donors (Lipinski definition) is 1. The third kappa shape index (κ3) is 2.01. The molecule has 5 heteroatoms. The molecule has 1 aromatic rings. The number of hydrogen-bond acceptors (Lipinski definition) is 4. The lowest BCUT2D eigenvalue weighted by molar-refractivity contribution is -0.140. The maximum absolute atomic E-state index is 11.4. The van der Waals surface area contributed by atoms with E-state index < -0.39 is 11.9 Å². The van der Waals surface area contributed by atoms with Crippen LogP contribution in [0.5, 0.6) is 11.5 Å². The maximum atomic E-state index is 11.4. The summed E-state index contributed by atoms with van der Waals surface area (Å²) in [5.41, 5.74) is 0.763. The highest BCUT2D eigenvalue weighted by Gasteiger charge is 2.29. The Balaban J connectivity index is 1.82. The molecule has 1 unspecified atom stereocenters. The fourth-order valence-corrected chi connectivity index (χ4v) is 2.26. The summed E-state index contributed by atoms with van der Waals surface area (Å²) in [5.74, 6) is 0.337. The van der Waals surface area contributed by atoms with Crippen molar-refractivity contribution in [3.8, 4) is 11.5 Å². The summed E-state index contributed by atoms with van der Waals surface area (Å²) in [6.45, 7) is 1.52. The zero-order valence-corrected chi connectivity index (χ0v) is 9.80. The van der Waals surface area contributed by atoms with Gasteiger partial charge in [0.1, 0.15) is 0 Å². The molecule has 1 aromatic carbocycles. The van der Waals surface area contributed by atoms with E-state index in [-0.39, 0.29) is 6.79 Å². The molecule has 0 radical (unpaired) electrons. The van der Waals surface area contributed by atoms with Gasteiger partial charge in [-0.15, -0.1) is 0 Å². The monoisotopic (exact) mass is 250 g/mol. The van der Waals surface area contributed by atoms with E-state index >= 15 is 0 Å². The van der Waals surface area contributed by atoms with Gasteiger partial charge in [0.05, 0.1) is 19.1 Å². The van der Waals surface area contributed by atoms with Gasteiger partial charge in [-0.1, -0.05) is 6.07 Å². The minimum Gasteiger partial charge on any atom is -0.481 e. The molecule has 96 valence electrons. The standard InChI is InChI=1S/C13H14O5/c14-13(15)10(3-8-5-16-6-8)9-1-2-11-12(4-9)18-7-17-11/h1-2,4,8,10H,3,5-7H2,(H,14,15). The van der Waals surface area contributed by atoms with Gasteiger partial charge in [-0.25, -0.2) is 0 Å². The summed E-state index contributed by atoms with van der Waals surface area (Å²) in [4.78, 5) is 11.4. The molecule has 0 saturated carbocycles. The molecule has 1 N–H and O–H groups in total. The molecule has 1 atom stereocenters. The average Bonchev–Trinajstić information content (AvgIpc) is 2.73. The Morgan fingerprint density at radius 3 is 2.78 bits per heavy atom.